The Hall–Kier alpha value is -0.890. The molecular formula is C12H14OS. The van der Waals surface area contributed by atoms with Crippen molar-refractivity contribution in [1.29, 1.82) is 0 Å². The molecule has 0 amide bonds. The average Bonchev–Trinajstić information content (AvgIpc) is 2.63. The standard InChI is InChI=1S/C12H14OS/c1-2-7-14-9-10-8-13-12-6-4-3-5-11(10)12/h3-6,8H,2,7,9H2,1H3. The fraction of sp³-hybridized carbons (Fsp3) is 0.333. The van der Waals surface area contributed by atoms with Crippen molar-refractivity contribution in [2.24, 2.45) is 0 Å². The Bertz CT molecular complexity index is 405. The van der Waals surface area contributed by atoms with Crippen LogP contribution in [0.5, 0.6) is 0 Å². The normalized spacial score (nSPS) is 10.9. The zero-order chi connectivity index (χ0) is 9.80. The molecule has 1 nitrogen and oxygen atoms in total. The highest BCUT2D eigenvalue weighted by molar-refractivity contribution is 7.98. The van der Waals surface area contributed by atoms with Gasteiger partial charge in [-0.2, -0.15) is 11.8 Å². The first-order chi connectivity index (χ1) is 6.92. The lowest BCUT2D eigenvalue weighted by Gasteiger charge is -1.96. The Kier molecular flexibility index (Phi) is 3.14. The largest absolute Gasteiger partial charge is 0.464 e. The molecule has 0 saturated heterocycles. The number of para-hydroxylation sites is 1. The van der Waals surface area contributed by atoms with Gasteiger partial charge in [0.25, 0.3) is 0 Å². The van der Waals surface area contributed by atoms with Crippen LogP contribution in [0.15, 0.2) is 34.9 Å². The monoisotopic (exact) mass is 206 g/mol. The van der Waals surface area contributed by atoms with E-state index in [-0.39, 0.29) is 0 Å². The van der Waals surface area contributed by atoms with Gasteiger partial charge in [-0.3, -0.25) is 0 Å². The summed E-state index contributed by atoms with van der Waals surface area (Å²) < 4.78 is 5.47. The third-order valence-electron chi connectivity index (χ3n) is 2.17. The molecule has 0 saturated carbocycles. The Morgan fingerprint density at radius 1 is 1.29 bits per heavy atom. The summed E-state index contributed by atoms with van der Waals surface area (Å²) in [5.74, 6) is 2.28. The molecular weight excluding hydrogens is 192 g/mol. The SMILES string of the molecule is CCCSCc1coc2ccccc12. The van der Waals surface area contributed by atoms with Crippen LogP contribution < -0.4 is 0 Å². The van der Waals surface area contributed by atoms with Crippen LogP contribution in [0.4, 0.5) is 0 Å². The molecule has 74 valence electrons. The van der Waals surface area contributed by atoms with Crippen molar-refractivity contribution in [2.75, 3.05) is 5.75 Å². The number of furan rings is 1. The zero-order valence-electron chi connectivity index (χ0n) is 8.32. The van der Waals surface area contributed by atoms with Crippen molar-refractivity contribution >= 4 is 22.7 Å². The Balaban J connectivity index is 2.17. The van der Waals surface area contributed by atoms with Crippen LogP contribution in [0.25, 0.3) is 11.0 Å². The second-order valence-corrected chi connectivity index (χ2v) is 4.41. The van der Waals surface area contributed by atoms with Gasteiger partial charge in [0.05, 0.1) is 6.26 Å². The summed E-state index contributed by atoms with van der Waals surface area (Å²) in [5, 5.41) is 1.26. The third-order valence-corrected chi connectivity index (χ3v) is 3.38. The summed E-state index contributed by atoms with van der Waals surface area (Å²) in [6.45, 7) is 2.21. The number of hydrogen-bond donors (Lipinski definition) is 0. The quantitative estimate of drug-likeness (QED) is 0.699. The van der Waals surface area contributed by atoms with Gasteiger partial charge < -0.3 is 4.42 Å². The first kappa shape index (κ1) is 9.66. The molecule has 0 bridgehead atoms. The lowest BCUT2D eigenvalue weighted by molar-refractivity contribution is 0.612. The highest BCUT2D eigenvalue weighted by Crippen LogP contribution is 2.24. The minimum atomic E-state index is 1.000. The first-order valence-electron chi connectivity index (χ1n) is 4.94. The van der Waals surface area contributed by atoms with Crippen molar-refractivity contribution < 1.29 is 4.42 Å². The van der Waals surface area contributed by atoms with Gasteiger partial charge in [-0.25, -0.2) is 0 Å². The van der Waals surface area contributed by atoms with Crippen LogP contribution in [-0.4, -0.2) is 5.75 Å². The van der Waals surface area contributed by atoms with Crippen molar-refractivity contribution in [1.82, 2.24) is 0 Å². The molecule has 0 fully saturated rings. The topological polar surface area (TPSA) is 13.1 Å². The van der Waals surface area contributed by atoms with Crippen molar-refractivity contribution in [3.8, 4) is 0 Å². The summed E-state index contributed by atoms with van der Waals surface area (Å²) >= 11 is 1.97. The molecule has 1 heterocycles. The zero-order valence-corrected chi connectivity index (χ0v) is 9.14. The fourth-order valence-corrected chi connectivity index (χ4v) is 2.35. The number of rotatable bonds is 4. The van der Waals surface area contributed by atoms with Crippen molar-refractivity contribution in [3.05, 3.63) is 36.1 Å². The molecule has 0 aliphatic heterocycles. The Morgan fingerprint density at radius 3 is 3.00 bits per heavy atom. The molecule has 0 N–H and O–H groups in total. The summed E-state index contributed by atoms with van der Waals surface area (Å²) in [4.78, 5) is 0. The predicted octanol–water partition coefficient (Wildman–Crippen LogP) is 4.08. The highest BCUT2D eigenvalue weighted by Gasteiger charge is 2.03. The summed E-state index contributed by atoms with van der Waals surface area (Å²) in [7, 11) is 0. The molecule has 1 aromatic carbocycles. The maximum atomic E-state index is 5.47. The van der Waals surface area contributed by atoms with Gasteiger partial charge in [-0.15, -0.1) is 0 Å². The van der Waals surface area contributed by atoms with E-state index in [0.717, 1.165) is 11.3 Å². The van der Waals surface area contributed by atoms with Crippen LogP contribution in [-0.2, 0) is 5.75 Å². The predicted molar refractivity (Wildman–Crippen MR) is 62.7 cm³/mol. The van der Waals surface area contributed by atoms with E-state index >= 15 is 0 Å². The van der Waals surface area contributed by atoms with Crippen LogP contribution >= 0.6 is 11.8 Å². The lowest BCUT2D eigenvalue weighted by Crippen LogP contribution is -1.79. The highest BCUT2D eigenvalue weighted by atomic mass is 32.2. The molecule has 0 aliphatic rings. The van der Waals surface area contributed by atoms with E-state index in [2.05, 4.69) is 19.1 Å². The smallest absolute Gasteiger partial charge is 0.134 e. The molecule has 0 atom stereocenters. The van der Waals surface area contributed by atoms with Gasteiger partial charge in [-0.05, 0) is 18.2 Å². The van der Waals surface area contributed by atoms with Crippen LogP contribution in [0, 0.1) is 0 Å². The number of fused-ring (bicyclic) bond motifs is 1. The van der Waals surface area contributed by atoms with E-state index in [0.29, 0.717) is 0 Å². The van der Waals surface area contributed by atoms with Crippen molar-refractivity contribution in [2.45, 2.75) is 19.1 Å². The van der Waals surface area contributed by atoms with E-state index in [4.69, 9.17) is 4.42 Å². The summed E-state index contributed by atoms with van der Waals surface area (Å²) in [6.07, 6.45) is 3.12. The number of thioether (sulfide) groups is 1. The molecule has 1 aromatic heterocycles. The minimum Gasteiger partial charge on any atom is -0.464 e. The van der Waals surface area contributed by atoms with Gasteiger partial charge in [0.15, 0.2) is 0 Å². The maximum absolute atomic E-state index is 5.47. The van der Waals surface area contributed by atoms with Crippen LogP contribution in [0.2, 0.25) is 0 Å². The molecule has 2 rings (SSSR count). The molecule has 2 heteroatoms. The lowest BCUT2D eigenvalue weighted by atomic mass is 10.2. The van der Waals surface area contributed by atoms with E-state index in [1.807, 2.05) is 30.2 Å². The summed E-state index contributed by atoms with van der Waals surface area (Å²) in [5.41, 5.74) is 2.32. The maximum Gasteiger partial charge on any atom is 0.134 e. The molecule has 0 aliphatic carbocycles. The second kappa shape index (κ2) is 4.56. The van der Waals surface area contributed by atoms with E-state index in [1.54, 1.807) is 0 Å². The first-order valence-corrected chi connectivity index (χ1v) is 6.10. The minimum absolute atomic E-state index is 1.000. The van der Waals surface area contributed by atoms with Gasteiger partial charge in [0.1, 0.15) is 5.58 Å². The Morgan fingerprint density at radius 2 is 2.14 bits per heavy atom. The average molecular weight is 206 g/mol. The van der Waals surface area contributed by atoms with Gasteiger partial charge >= 0.3 is 0 Å². The van der Waals surface area contributed by atoms with Crippen molar-refractivity contribution in [3.63, 3.8) is 0 Å². The second-order valence-electron chi connectivity index (χ2n) is 3.31. The molecule has 14 heavy (non-hydrogen) atoms. The molecule has 0 radical (unpaired) electrons. The molecule has 2 aromatic rings. The van der Waals surface area contributed by atoms with Gasteiger partial charge in [0.2, 0.25) is 0 Å². The van der Waals surface area contributed by atoms with E-state index in [9.17, 15) is 0 Å². The van der Waals surface area contributed by atoms with Gasteiger partial charge in [0, 0.05) is 16.7 Å². The van der Waals surface area contributed by atoms with Crippen LogP contribution in [0.3, 0.4) is 0 Å². The number of hydrogen-bond acceptors (Lipinski definition) is 2. The van der Waals surface area contributed by atoms with Gasteiger partial charge in [-0.1, -0.05) is 25.1 Å². The fourth-order valence-electron chi connectivity index (χ4n) is 1.47. The molecule has 0 spiro atoms. The molecule has 0 unspecified atom stereocenters. The Labute approximate surface area is 88.5 Å². The van der Waals surface area contributed by atoms with Crippen LogP contribution in [0.1, 0.15) is 18.9 Å². The summed E-state index contributed by atoms with van der Waals surface area (Å²) in [6, 6.07) is 8.21. The van der Waals surface area contributed by atoms with E-state index < -0.39 is 0 Å². The van der Waals surface area contributed by atoms with E-state index in [1.165, 1.54) is 23.1 Å². The third kappa shape index (κ3) is 1.95. The number of benzene rings is 1.